The van der Waals surface area contributed by atoms with E-state index in [4.69, 9.17) is 0 Å². The number of carbonyl (C=O) groups excluding carboxylic acids is 2. The molecule has 2 rings (SSSR count). The molecule has 0 saturated heterocycles. The Morgan fingerprint density at radius 3 is 2.40 bits per heavy atom. The lowest BCUT2D eigenvalue weighted by atomic mass is 9.91. The predicted octanol–water partition coefficient (Wildman–Crippen LogP) is 1.65. The lowest BCUT2D eigenvalue weighted by Gasteiger charge is -2.22. The first kappa shape index (κ1) is 14.6. The van der Waals surface area contributed by atoms with Crippen molar-refractivity contribution in [1.29, 1.82) is 0 Å². The molecule has 1 aromatic carbocycles. The van der Waals surface area contributed by atoms with Crippen molar-refractivity contribution in [2.45, 2.75) is 39.2 Å². The highest BCUT2D eigenvalue weighted by molar-refractivity contribution is 6.04. The highest BCUT2D eigenvalue weighted by Gasteiger charge is 2.38. The van der Waals surface area contributed by atoms with E-state index < -0.39 is 5.41 Å². The number of amides is 2. The number of hydrogen-bond acceptors (Lipinski definition) is 2. The molecule has 0 aliphatic heterocycles. The van der Waals surface area contributed by atoms with Crippen LogP contribution in [0.3, 0.4) is 0 Å². The summed E-state index contributed by atoms with van der Waals surface area (Å²) < 4.78 is 0. The van der Waals surface area contributed by atoms with E-state index >= 15 is 0 Å². The maximum Gasteiger partial charge on any atom is 0.235 e. The Bertz CT molecular complexity index is 479. The van der Waals surface area contributed by atoms with E-state index in [-0.39, 0.29) is 17.9 Å². The fraction of sp³-hybridized carbons (Fsp3) is 0.500. The van der Waals surface area contributed by atoms with Crippen molar-refractivity contribution in [3.8, 4) is 0 Å². The Labute approximate surface area is 119 Å². The van der Waals surface area contributed by atoms with Crippen LogP contribution in [-0.4, -0.2) is 24.4 Å². The molecule has 1 aliphatic carbocycles. The number of nitrogens with one attached hydrogen (secondary N) is 2. The monoisotopic (exact) mass is 274 g/mol. The molecule has 1 aromatic rings. The van der Waals surface area contributed by atoms with Crippen molar-refractivity contribution in [2.75, 3.05) is 6.54 Å². The van der Waals surface area contributed by atoms with Gasteiger partial charge in [0.1, 0.15) is 5.41 Å². The van der Waals surface area contributed by atoms with Gasteiger partial charge in [0, 0.05) is 12.6 Å². The predicted molar refractivity (Wildman–Crippen MR) is 78.1 cm³/mol. The van der Waals surface area contributed by atoms with E-state index in [1.807, 2.05) is 30.3 Å². The van der Waals surface area contributed by atoms with Crippen LogP contribution in [0.2, 0.25) is 0 Å². The molecule has 0 aromatic heterocycles. The lowest BCUT2D eigenvalue weighted by Crippen LogP contribution is -2.48. The fourth-order valence-corrected chi connectivity index (χ4v) is 1.88. The molecule has 0 unspecified atom stereocenters. The van der Waals surface area contributed by atoms with Gasteiger partial charge in [0.15, 0.2) is 0 Å². The van der Waals surface area contributed by atoms with Crippen LogP contribution in [-0.2, 0) is 16.0 Å². The maximum absolute atomic E-state index is 12.1. The minimum Gasteiger partial charge on any atom is -0.355 e. The van der Waals surface area contributed by atoms with Crippen molar-refractivity contribution in [1.82, 2.24) is 10.6 Å². The molecule has 2 amide bonds. The molecule has 4 heteroatoms. The Kier molecular flexibility index (Phi) is 4.42. The molecule has 4 nitrogen and oxygen atoms in total. The third-order valence-electron chi connectivity index (χ3n) is 3.59. The van der Waals surface area contributed by atoms with Crippen LogP contribution in [0.25, 0.3) is 0 Å². The molecule has 20 heavy (non-hydrogen) atoms. The summed E-state index contributed by atoms with van der Waals surface area (Å²) in [6, 6.07) is 10.2. The minimum absolute atomic E-state index is 0.183. The van der Waals surface area contributed by atoms with Crippen molar-refractivity contribution in [3.05, 3.63) is 35.9 Å². The van der Waals surface area contributed by atoms with Gasteiger partial charge in [-0.05, 0) is 38.7 Å². The molecular weight excluding hydrogens is 252 g/mol. The molecule has 0 bridgehead atoms. The van der Waals surface area contributed by atoms with Crippen molar-refractivity contribution < 1.29 is 9.59 Å². The summed E-state index contributed by atoms with van der Waals surface area (Å²) in [4.78, 5) is 24.1. The average molecular weight is 274 g/mol. The minimum atomic E-state index is -1.01. The van der Waals surface area contributed by atoms with E-state index in [1.54, 1.807) is 13.8 Å². The normalized spacial score (nSPS) is 14.7. The summed E-state index contributed by atoms with van der Waals surface area (Å²) in [5, 5.41) is 5.73. The highest BCUT2D eigenvalue weighted by Crippen LogP contribution is 2.22. The van der Waals surface area contributed by atoms with Crippen LogP contribution < -0.4 is 10.6 Å². The van der Waals surface area contributed by atoms with Gasteiger partial charge in [-0.15, -0.1) is 0 Å². The zero-order chi connectivity index (χ0) is 14.6. The number of carbonyl (C=O) groups is 2. The summed E-state index contributed by atoms with van der Waals surface area (Å²) in [6.07, 6.45) is 2.82. The third-order valence-corrected chi connectivity index (χ3v) is 3.59. The zero-order valence-corrected chi connectivity index (χ0v) is 12.1. The maximum atomic E-state index is 12.1. The van der Waals surface area contributed by atoms with E-state index in [2.05, 4.69) is 10.6 Å². The summed E-state index contributed by atoms with van der Waals surface area (Å²) in [6.45, 7) is 3.88. The molecule has 108 valence electrons. The van der Waals surface area contributed by atoms with Crippen molar-refractivity contribution in [3.63, 3.8) is 0 Å². The van der Waals surface area contributed by atoms with E-state index in [0.29, 0.717) is 6.54 Å². The van der Waals surface area contributed by atoms with Gasteiger partial charge in [-0.2, -0.15) is 0 Å². The van der Waals surface area contributed by atoms with Gasteiger partial charge >= 0.3 is 0 Å². The van der Waals surface area contributed by atoms with Crippen LogP contribution in [0.1, 0.15) is 32.3 Å². The van der Waals surface area contributed by atoms with Gasteiger partial charge in [-0.25, -0.2) is 0 Å². The lowest BCUT2D eigenvalue weighted by molar-refractivity contribution is -0.141. The second kappa shape index (κ2) is 6.07. The molecule has 0 atom stereocenters. The van der Waals surface area contributed by atoms with Crippen molar-refractivity contribution in [2.24, 2.45) is 5.41 Å². The standard InChI is InChI=1S/C16H22N2O2/c1-16(2,15(20)18-13-8-9-13)14(19)17-11-10-12-6-4-3-5-7-12/h3-7,13H,8-11H2,1-2H3,(H,17,19)(H,18,20). The fourth-order valence-electron chi connectivity index (χ4n) is 1.88. The van der Waals surface area contributed by atoms with E-state index in [9.17, 15) is 9.59 Å². The van der Waals surface area contributed by atoms with E-state index in [1.165, 1.54) is 5.56 Å². The molecule has 0 heterocycles. The van der Waals surface area contributed by atoms with Crippen LogP contribution in [0.4, 0.5) is 0 Å². The summed E-state index contributed by atoms with van der Waals surface area (Å²) in [5.41, 5.74) is 0.160. The molecule has 1 aliphatic rings. The molecule has 2 N–H and O–H groups in total. The van der Waals surface area contributed by atoms with Gasteiger partial charge in [0.2, 0.25) is 11.8 Å². The Balaban J connectivity index is 1.79. The SMILES string of the molecule is CC(C)(C(=O)NCCc1ccccc1)C(=O)NC1CC1. The summed E-state index contributed by atoms with van der Waals surface area (Å²) in [7, 11) is 0. The molecule has 1 saturated carbocycles. The Morgan fingerprint density at radius 1 is 1.15 bits per heavy atom. The zero-order valence-electron chi connectivity index (χ0n) is 12.1. The summed E-state index contributed by atoms with van der Waals surface area (Å²) in [5.74, 6) is -0.399. The average Bonchev–Trinajstić information content (AvgIpc) is 3.23. The van der Waals surface area contributed by atoms with Gasteiger partial charge in [-0.1, -0.05) is 30.3 Å². The number of hydrogen-bond donors (Lipinski definition) is 2. The second-order valence-corrected chi connectivity index (χ2v) is 5.86. The smallest absolute Gasteiger partial charge is 0.235 e. The van der Waals surface area contributed by atoms with Gasteiger partial charge in [-0.3, -0.25) is 9.59 Å². The topological polar surface area (TPSA) is 58.2 Å². The summed E-state index contributed by atoms with van der Waals surface area (Å²) >= 11 is 0. The van der Waals surface area contributed by atoms with Crippen LogP contribution in [0.5, 0.6) is 0 Å². The Morgan fingerprint density at radius 2 is 1.80 bits per heavy atom. The quantitative estimate of drug-likeness (QED) is 0.775. The first-order valence-corrected chi connectivity index (χ1v) is 7.13. The van der Waals surface area contributed by atoms with Gasteiger partial charge < -0.3 is 10.6 Å². The second-order valence-electron chi connectivity index (χ2n) is 5.86. The van der Waals surface area contributed by atoms with Crippen LogP contribution in [0.15, 0.2) is 30.3 Å². The number of rotatable bonds is 6. The van der Waals surface area contributed by atoms with Gasteiger partial charge in [0.05, 0.1) is 0 Å². The van der Waals surface area contributed by atoms with Crippen LogP contribution >= 0.6 is 0 Å². The Hall–Kier alpha value is -1.84. The van der Waals surface area contributed by atoms with E-state index in [0.717, 1.165) is 19.3 Å². The molecule has 1 fully saturated rings. The molecule has 0 spiro atoms. The first-order valence-electron chi connectivity index (χ1n) is 7.13. The highest BCUT2D eigenvalue weighted by atomic mass is 16.2. The largest absolute Gasteiger partial charge is 0.355 e. The van der Waals surface area contributed by atoms with Crippen LogP contribution in [0, 0.1) is 5.41 Å². The first-order chi connectivity index (χ1) is 9.50. The molecular formula is C16H22N2O2. The molecule has 0 radical (unpaired) electrons. The van der Waals surface area contributed by atoms with Gasteiger partial charge in [0.25, 0.3) is 0 Å². The number of benzene rings is 1. The van der Waals surface area contributed by atoms with Crippen molar-refractivity contribution >= 4 is 11.8 Å². The third kappa shape index (κ3) is 3.83.